The molecule has 1 saturated heterocycles. The number of ether oxygens (including phenoxy) is 1. The van der Waals surface area contributed by atoms with Crippen LogP contribution in [-0.2, 0) is 25.8 Å². The van der Waals surface area contributed by atoms with Gasteiger partial charge in [-0.25, -0.2) is 0 Å². The lowest BCUT2D eigenvalue weighted by atomic mass is 9.79. The Kier molecular flexibility index (Phi) is 8.52. The van der Waals surface area contributed by atoms with Gasteiger partial charge < -0.3 is 19.6 Å². The van der Waals surface area contributed by atoms with Crippen LogP contribution in [0, 0.1) is 5.41 Å². The van der Waals surface area contributed by atoms with Crippen LogP contribution in [0.2, 0.25) is 0 Å². The number of phenols is 1. The Bertz CT molecular complexity index is 1250. The molecule has 1 heterocycles. The Morgan fingerprint density at radius 2 is 1.79 bits per heavy atom. The Morgan fingerprint density at radius 1 is 1.00 bits per heavy atom. The largest absolute Gasteiger partial charge is 0.508 e. The molecule has 1 aliphatic heterocycles. The van der Waals surface area contributed by atoms with Gasteiger partial charge in [0.1, 0.15) is 11.5 Å². The van der Waals surface area contributed by atoms with Crippen LogP contribution >= 0.6 is 0 Å². The number of benzene rings is 3. The zero-order valence-corrected chi connectivity index (χ0v) is 24.4. The normalized spacial score (nSPS) is 18.9. The summed E-state index contributed by atoms with van der Waals surface area (Å²) in [5.74, 6) is 1.74. The molecule has 0 unspecified atom stereocenters. The predicted octanol–water partition coefficient (Wildman–Crippen LogP) is 7.36. The number of aryl methyl sites for hydroxylation is 1. The second-order valence-corrected chi connectivity index (χ2v) is 12.4. The van der Waals surface area contributed by atoms with Crippen LogP contribution in [0.15, 0.2) is 60.7 Å². The van der Waals surface area contributed by atoms with Crippen LogP contribution in [0.5, 0.6) is 11.5 Å². The Morgan fingerprint density at radius 3 is 2.54 bits per heavy atom. The number of phenolic OH excluding ortho intramolecular Hbond substituents is 1. The topological polar surface area (TPSA) is 35.9 Å². The van der Waals surface area contributed by atoms with Crippen LogP contribution in [0.3, 0.4) is 0 Å². The van der Waals surface area contributed by atoms with Crippen LogP contribution < -0.4 is 9.64 Å². The molecule has 1 fully saturated rings. The van der Waals surface area contributed by atoms with E-state index in [0.29, 0.717) is 17.1 Å². The van der Waals surface area contributed by atoms with Gasteiger partial charge in [-0.2, -0.15) is 0 Å². The molecule has 0 aromatic heterocycles. The highest BCUT2D eigenvalue weighted by Crippen LogP contribution is 2.40. The Hall–Kier alpha value is -2.98. The van der Waals surface area contributed by atoms with Gasteiger partial charge >= 0.3 is 0 Å². The highest BCUT2D eigenvalue weighted by atomic mass is 16.5. The van der Waals surface area contributed by atoms with Gasteiger partial charge in [-0.3, -0.25) is 0 Å². The number of fused-ring (bicyclic) bond motifs is 1. The van der Waals surface area contributed by atoms with E-state index >= 15 is 0 Å². The molecule has 208 valence electrons. The lowest BCUT2D eigenvalue weighted by Gasteiger charge is -2.38. The van der Waals surface area contributed by atoms with Crippen molar-refractivity contribution in [1.29, 1.82) is 0 Å². The molecule has 1 aliphatic carbocycles. The summed E-state index contributed by atoms with van der Waals surface area (Å²) in [5.41, 5.74) is 8.56. The molecule has 4 nitrogen and oxygen atoms in total. The molecule has 0 saturated carbocycles. The second-order valence-electron chi connectivity index (χ2n) is 12.4. The van der Waals surface area contributed by atoms with Crippen LogP contribution in [0.4, 0.5) is 5.69 Å². The summed E-state index contributed by atoms with van der Waals surface area (Å²) in [5, 5.41) is 9.92. The quantitative estimate of drug-likeness (QED) is 0.316. The third-order valence-corrected chi connectivity index (χ3v) is 8.91. The zero-order chi connectivity index (χ0) is 27.4. The van der Waals surface area contributed by atoms with Crippen molar-refractivity contribution in [2.24, 2.45) is 5.41 Å². The van der Waals surface area contributed by atoms with Crippen molar-refractivity contribution in [1.82, 2.24) is 4.90 Å². The third-order valence-electron chi connectivity index (χ3n) is 8.91. The number of nitrogens with zero attached hydrogens (tertiary/aromatic N) is 2. The maximum atomic E-state index is 9.92. The highest BCUT2D eigenvalue weighted by Gasteiger charge is 2.26. The lowest BCUT2D eigenvalue weighted by molar-refractivity contribution is 0.119. The number of aromatic hydroxyl groups is 1. The molecule has 0 amide bonds. The molecule has 3 aromatic rings. The van der Waals surface area contributed by atoms with E-state index in [9.17, 15) is 5.11 Å². The minimum Gasteiger partial charge on any atom is -0.508 e. The molecule has 5 rings (SSSR count). The van der Waals surface area contributed by atoms with E-state index in [4.69, 9.17) is 4.74 Å². The van der Waals surface area contributed by atoms with Crippen molar-refractivity contribution in [2.45, 2.75) is 71.8 Å². The van der Waals surface area contributed by atoms with Crippen molar-refractivity contribution in [2.75, 3.05) is 38.2 Å². The zero-order valence-electron chi connectivity index (χ0n) is 24.4. The molecular formula is C35H46N2O2. The summed E-state index contributed by atoms with van der Waals surface area (Å²) in [6, 6.07) is 21.8. The Labute approximate surface area is 235 Å². The second kappa shape index (κ2) is 12.0. The monoisotopic (exact) mass is 526 g/mol. The smallest absolute Gasteiger partial charge is 0.120 e. The first-order chi connectivity index (χ1) is 18.8. The number of piperidine rings is 1. The number of hydrogen-bond donors (Lipinski definition) is 1. The summed E-state index contributed by atoms with van der Waals surface area (Å²) >= 11 is 0. The average molecular weight is 527 g/mol. The predicted molar refractivity (Wildman–Crippen MR) is 162 cm³/mol. The van der Waals surface area contributed by atoms with Gasteiger partial charge in [-0.05, 0) is 109 Å². The average Bonchev–Trinajstić information content (AvgIpc) is 2.94. The molecular weight excluding hydrogens is 480 g/mol. The van der Waals surface area contributed by atoms with Crippen LogP contribution in [0.1, 0.15) is 73.8 Å². The molecule has 0 bridgehead atoms. The number of methoxy groups -OCH3 is 1. The molecule has 39 heavy (non-hydrogen) atoms. The van der Waals surface area contributed by atoms with E-state index in [1.165, 1.54) is 59.4 Å². The van der Waals surface area contributed by atoms with Crippen molar-refractivity contribution < 1.29 is 9.84 Å². The van der Waals surface area contributed by atoms with Crippen LogP contribution in [0.25, 0.3) is 0 Å². The van der Waals surface area contributed by atoms with Crippen molar-refractivity contribution in [3.05, 3.63) is 88.5 Å². The van der Waals surface area contributed by atoms with E-state index in [1.54, 1.807) is 7.11 Å². The van der Waals surface area contributed by atoms with Crippen molar-refractivity contribution in [3.8, 4) is 11.5 Å². The number of anilines is 1. The molecule has 0 spiro atoms. The van der Waals surface area contributed by atoms with E-state index < -0.39 is 0 Å². The summed E-state index contributed by atoms with van der Waals surface area (Å²) < 4.78 is 5.66. The standard InChI is InChI=1S/C35H46N2O2/c1-5-37(24-27-9-7-26(8-10-27)17-20-36-19-6-18-35(2,3)25-36)34-23-32(39-4)15-16-33(34)30-12-11-29-22-31(38)14-13-28(29)21-30/h7-10,13-16,22-23,30,38H,5-6,11-12,17-21,24-25H2,1-4H3/t30-/m1/s1. The number of likely N-dealkylation sites (tertiary alicyclic amines) is 1. The minimum atomic E-state index is 0.371. The molecule has 0 radical (unpaired) electrons. The SMILES string of the molecule is CCN(Cc1ccc(CCN2CCCC(C)(C)C2)cc1)c1cc(OC)ccc1[C@@H]1CCc2cc(O)ccc2C1. The van der Waals surface area contributed by atoms with Crippen LogP contribution in [-0.4, -0.2) is 43.3 Å². The summed E-state index contributed by atoms with van der Waals surface area (Å²) in [4.78, 5) is 5.14. The van der Waals surface area contributed by atoms with E-state index in [2.05, 4.69) is 79.1 Å². The fraction of sp³-hybridized carbons (Fsp3) is 0.486. The molecule has 2 aliphatic rings. The van der Waals surface area contributed by atoms with E-state index in [-0.39, 0.29) is 0 Å². The Balaban J connectivity index is 1.29. The summed E-state index contributed by atoms with van der Waals surface area (Å²) in [7, 11) is 1.75. The van der Waals surface area contributed by atoms with Gasteiger partial charge in [0, 0.05) is 37.9 Å². The number of hydrogen-bond acceptors (Lipinski definition) is 4. The fourth-order valence-corrected chi connectivity index (χ4v) is 6.70. The van der Waals surface area contributed by atoms with Crippen molar-refractivity contribution >= 4 is 5.69 Å². The summed E-state index contributed by atoms with van der Waals surface area (Å²) in [6.07, 6.45) is 6.89. The first-order valence-electron chi connectivity index (χ1n) is 14.9. The molecule has 1 N–H and O–H groups in total. The lowest BCUT2D eigenvalue weighted by Crippen LogP contribution is -2.40. The molecule has 4 heteroatoms. The van der Waals surface area contributed by atoms with Gasteiger partial charge in [-0.15, -0.1) is 0 Å². The van der Waals surface area contributed by atoms with E-state index in [1.807, 2.05) is 12.1 Å². The highest BCUT2D eigenvalue weighted by molar-refractivity contribution is 5.60. The molecule has 1 atom stereocenters. The summed E-state index contributed by atoms with van der Waals surface area (Å²) in [6.45, 7) is 12.5. The van der Waals surface area contributed by atoms with Gasteiger partial charge in [0.25, 0.3) is 0 Å². The number of rotatable bonds is 9. The first kappa shape index (κ1) is 27.6. The maximum absolute atomic E-state index is 9.92. The van der Waals surface area contributed by atoms with Gasteiger partial charge in [0.2, 0.25) is 0 Å². The van der Waals surface area contributed by atoms with Gasteiger partial charge in [0.15, 0.2) is 0 Å². The van der Waals surface area contributed by atoms with Crippen molar-refractivity contribution in [3.63, 3.8) is 0 Å². The van der Waals surface area contributed by atoms with Gasteiger partial charge in [-0.1, -0.05) is 50.2 Å². The maximum Gasteiger partial charge on any atom is 0.120 e. The fourth-order valence-electron chi connectivity index (χ4n) is 6.70. The van der Waals surface area contributed by atoms with Gasteiger partial charge in [0.05, 0.1) is 7.11 Å². The minimum absolute atomic E-state index is 0.371. The van der Waals surface area contributed by atoms with E-state index in [0.717, 1.165) is 51.1 Å². The first-order valence-corrected chi connectivity index (χ1v) is 14.9. The third kappa shape index (κ3) is 6.78. The molecule has 3 aromatic carbocycles.